The quantitative estimate of drug-likeness (QED) is 0.842. The van der Waals surface area contributed by atoms with E-state index in [-0.39, 0.29) is 30.6 Å². The molecule has 2 amide bonds. The Morgan fingerprint density at radius 2 is 1.59 bits per heavy atom. The summed E-state index contributed by atoms with van der Waals surface area (Å²) < 4.78 is 12.7. The molecule has 0 aliphatic carbocycles. The normalized spacial score (nSPS) is 10.0. The Morgan fingerprint density at radius 3 is 2.27 bits per heavy atom. The third-order valence-electron chi connectivity index (χ3n) is 2.96. The molecular formula is C16H16FN3O2. The minimum Gasteiger partial charge on any atom is -0.350 e. The lowest BCUT2D eigenvalue weighted by atomic mass is 10.1. The van der Waals surface area contributed by atoms with Gasteiger partial charge in [-0.25, -0.2) is 4.39 Å². The van der Waals surface area contributed by atoms with Crippen LogP contribution in [0.3, 0.4) is 0 Å². The van der Waals surface area contributed by atoms with Crippen LogP contribution < -0.4 is 10.6 Å². The average Bonchev–Trinajstić information content (AvgIpc) is 2.54. The molecule has 0 spiro atoms. The Hall–Kier alpha value is -2.76. The van der Waals surface area contributed by atoms with Crippen LogP contribution in [0.1, 0.15) is 11.1 Å². The summed E-state index contributed by atoms with van der Waals surface area (Å²) >= 11 is 0. The van der Waals surface area contributed by atoms with Crippen LogP contribution in [0.15, 0.2) is 48.8 Å². The van der Waals surface area contributed by atoms with Gasteiger partial charge in [-0.05, 0) is 35.4 Å². The van der Waals surface area contributed by atoms with Crippen molar-refractivity contribution in [1.82, 2.24) is 15.6 Å². The number of benzene rings is 1. The highest BCUT2D eigenvalue weighted by atomic mass is 19.1. The van der Waals surface area contributed by atoms with E-state index in [2.05, 4.69) is 15.6 Å². The first-order valence-corrected chi connectivity index (χ1v) is 6.80. The molecule has 0 radical (unpaired) electrons. The van der Waals surface area contributed by atoms with Crippen molar-refractivity contribution in [1.29, 1.82) is 0 Å². The van der Waals surface area contributed by atoms with Crippen molar-refractivity contribution in [3.05, 3.63) is 65.7 Å². The second-order valence-electron chi connectivity index (χ2n) is 4.71. The molecule has 114 valence electrons. The van der Waals surface area contributed by atoms with Gasteiger partial charge in [-0.15, -0.1) is 0 Å². The third kappa shape index (κ3) is 5.32. The molecule has 0 aliphatic heterocycles. The van der Waals surface area contributed by atoms with Gasteiger partial charge in [-0.3, -0.25) is 14.6 Å². The summed E-state index contributed by atoms with van der Waals surface area (Å²) in [5.74, 6) is -0.908. The molecule has 0 atom stereocenters. The molecule has 0 saturated carbocycles. The van der Waals surface area contributed by atoms with Crippen LogP contribution in [-0.4, -0.2) is 23.3 Å². The number of carbonyl (C=O) groups is 2. The highest BCUT2D eigenvalue weighted by molar-refractivity contribution is 5.85. The zero-order valence-corrected chi connectivity index (χ0v) is 11.9. The number of carbonyl (C=O) groups excluding carboxylic acids is 2. The molecule has 1 aromatic carbocycles. The molecule has 1 aromatic heterocycles. The molecule has 6 heteroatoms. The van der Waals surface area contributed by atoms with E-state index in [4.69, 9.17) is 0 Å². The zero-order valence-electron chi connectivity index (χ0n) is 11.9. The molecular weight excluding hydrogens is 285 g/mol. The number of nitrogens with one attached hydrogen (secondary N) is 2. The SMILES string of the molecule is O=C(CNC(=O)Cc1ccc(F)cc1)NCc1ccncc1. The van der Waals surface area contributed by atoms with E-state index in [1.54, 1.807) is 36.7 Å². The molecule has 2 aromatic rings. The lowest BCUT2D eigenvalue weighted by molar-refractivity contribution is -0.125. The largest absolute Gasteiger partial charge is 0.350 e. The predicted octanol–water partition coefficient (Wildman–Crippen LogP) is 1.20. The highest BCUT2D eigenvalue weighted by Crippen LogP contribution is 2.03. The number of hydrogen-bond donors (Lipinski definition) is 2. The summed E-state index contributed by atoms with van der Waals surface area (Å²) in [5, 5.41) is 5.22. The molecule has 2 rings (SSSR count). The van der Waals surface area contributed by atoms with Crippen LogP contribution in [-0.2, 0) is 22.6 Å². The maximum Gasteiger partial charge on any atom is 0.239 e. The number of halogens is 1. The topological polar surface area (TPSA) is 71.1 Å². The fourth-order valence-electron chi connectivity index (χ4n) is 1.79. The van der Waals surface area contributed by atoms with Gasteiger partial charge in [0.25, 0.3) is 0 Å². The van der Waals surface area contributed by atoms with E-state index >= 15 is 0 Å². The molecule has 0 saturated heterocycles. The molecule has 0 aliphatic rings. The number of rotatable bonds is 6. The summed E-state index contributed by atoms with van der Waals surface area (Å²) in [6.07, 6.45) is 3.40. The van der Waals surface area contributed by atoms with Crippen LogP contribution in [0.25, 0.3) is 0 Å². The van der Waals surface area contributed by atoms with Crippen molar-refractivity contribution in [3.8, 4) is 0 Å². The van der Waals surface area contributed by atoms with Crippen molar-refractivity contribution < 1.29 is 14.0 Å². The lowest BCUT2D eigenvalue weighted by Crippen LogP contribution is -2.37. The first-order chi connectivity index (χ1) is 10.6. The average molecular weight is 301 g/mol. The van der Waals surface area contributed by atoms with Gasteiger partial charge in [0, 0.05) is 18.9 Å². The van der Waals surface area contributed by atoms with Crippen LogP contribution in [0, 0.1) is 5.82 Å². The van der Waals surface area contributed by atoms with Crippen LogP contribution >= 0.6 is 0 Å². The Labute approximate surface area is 127 Å². The van der Waals surface area contributed by atoms with Gasteiger partial charge in [0.05, 0.1) is 13.0 Å². The van der Waals surface area contributed by atoms with Crippen molar-refractivity contribution in [2.75, 3.05) is 6.54 Å². The third-order valence-corrected chi connectivity index (χ3v) is 2.96. The minimum atomic E-state index is -0.348. The van der Waals surface area contributed by atoms with E-state index < -0.39 is 0 Å². The molecule has 5 nitrogen and oxygen atoms in total. The molecule has 2 N–H and O–H groups in total. The van der Waals surface area contributed by atoms with Gasteiger partial charge in [-0.2, -0.15) is 0 Å². The van der Waals surface area contributed by atoms with E-state index in [0.717, 1.165) is 5.56 Å². The monoisotopic (exact) mass is 301 g/mol. The zero-order chi connectivity index (χ0) is 15.8. The van der Waals surface area contributed by atoms with Crippen molar-refractivity contribution >= 4 is 11.8 Å². The molecule has 0 unspecified atom stereocenters. The Kier molecular flexibility index (Phi) is 5.59. The van der Waals surface area contributed by atoms with Gasteiger partial charge >= 0.3 is 0 Å². The maximum atomic E-state index is 12.7. The van der Waals surface area contributed by atoms with E-state index in [1.807, 2.05) is 0 Å². The maximum absolute atomic E-state index is 12.7. The fourth-order valence-corrected chi connectivity index (χ4v) is 1.79. The van der Waals surface area contributed by atoms with Gasteiger partial charge in [-0.1, -0.05) is 12.1 Å². The Balaban J connectivity index is 1.69. The van der Waals surface area contributed by atoms with Gasteiger partial charge in [0.15, 0.2) is 0 Å². The summed E-state index contributed by atoms with van der Waals surface area (Å²) in [6, 6.07) is 9.27. The van der Waals surface area contributed by atoms with Gasteiger partial charge in [0.1, 0.15) is 5.82 Å². The first kappa shape index (κ1) is 15.6. The van der Waals surface area contributed by atoms with Crippen LogP contribution in [0.5, 0.6) is 0 Å². The predicted molar refractivity (Wildman–Crippen MR) is 79.2 cm³/mol. The van der Waals surface area contributed by atoms with Crippen molar-refractivity contribution in [2.45, 2.75) is 13.0 Å². The summed E-state index contributed by atoms with van der Waals surface area (Å²) in [4.78, 5) is 27.2. The van der Waals surface area contributed by atoms with Crippen LogP contribution in [0.4, 0.5) is 4.39 Å². The van der Waals surface area contributed by atoms with Crippen molar-refractivity contribution in [2.24, 2.45) is 0 Å². The number of hydrogen-bond acceptors (Lipinski definition) is 3. The minimum absolute atomic E-state index is 0.0922. The smallest absolute Gasteiger partial charge is 0.239 e. The molecule has 1 heterocycles. The number of amides is 2. The van der Waals surface area contributed by atoms with Crippen LogP contribution in [0.2, 0.25) is 0 Å². The number of aromatic nitrogens is 1. The Bertz CT molecular complexity index is 630. The fraction of sp³-hybridized carbons (Fsp3) is 0.188. The standard InChI is InChI=1S/C16H16FN3O2/c17-14-3-1-12(2-4-14)9-15(21)20-11-16(22)19-10-13-5-7-18-8-6-13/h1-8H,9-11H2,(H,19,22)(H,20,21). The highest BCUT2D eigenvalue weighted by Gasteiger charge is 2.06. The molecule has 22 heavy (non-hydrogen) atoms. The first-order valence-electron chi connectivity index (χ1n) is 6.80. The van der Waals surface area contributed by atoms with E-state index in [1.165, 1.54) is 12.1 Å². The summed E-state index contributed by atoms with van der Waals surface area (Å²) in [5.41, 5.74) is 1.62. The summed E-state index contributed by atoms with van der Waals surface area (Å²) in [6.45, 7) is 0.292. The number of pyridine rings is 1. The second kappa shape index (κ2) is 7.87. The summed E-state index contributed by atoms with van der Waals surface area (Å²) in [7, 11) is 0. The Morgan fingerprint density at radius 1 is 0.909 bits per heavy atom. The van der Waals surface area contributed by atoms with E-state index in [9.17, 15) is 14.0 Å². The van der Waals surface area contributed by atoms with Crippen molar-refractivity contribution in [3.63, 3.8) is 0 Å². The van der Waals surface area contributed by atoms with E-state index in [0.29, 0.717) is 12.1 Å². The molecule has 0 fully saturated rings. The number of nitrogens with zero attached hydrogens (tertiary/aromatic N) is 1. The second-order valence-corrected chi connectivity index (χ2v) is 4.71. The molecule has 0 bridgehead atoms. The lowest BCUT2D eigenvalue weighted by Gasteiger charge is -2.07. The van der Waals surface area contributed by atoms with Gasteiger partial charge < -0.3 is 10.6 Å². The van der Waals surface area contributed by atoms with Gasteiger partial charge in [0.2, 0.25) is 11.8 Å².